The molecule has 3 aromatic rings. The first-order valence-electron chi connectivity index (χ1n) is 12.8. The molecule has 2 aromatic carbocycles. The van der Waals surface area contributed by atoms with Crippen molar-refractivity contribution in [1.29, 1.82) is 0 Å². The van der Waals surface area contributed by atoms with E-state index in [4.69, 9.17) is 0 Å². The molecule has 1 N–H and O–H groups in total. The van der Waals surface area contributed by atoms with Crippen LogP contribution in [0.5, 0.6) is 5.88 Å². The number of rotatable bonds is 6. The summed E-state index contributed by atoms with van der Waals surface area (Å²) in [4.78, 5) is 2.45. The lowest BCUT2D eigenvalue weighted by Crippen LogP contribution is -2.33. The molecule has 1 aliphatic carbocycles. The maximum Gasteiger partial charge on any atom is 0.199 e. The van der Waals surface area contributed by atoms with Crippen LogP contribution < -0.4 is 0 Å². The summed E-state index contributed by atoms with van der Waals surface area (Å²) in [6.45, 7) is 6.06. The molecule has 1 saturated carbocycles. The van der Waals surface area contributed by atoms with Crippen LogP contribution in [-0.2, 0) is 19.5 Å². The van der Waals surface area contributed by atoms with Gasteiger partial charge in [0.25, 0.3) is 0 Å². The molecule has 0 spiro atoms. The molecule has 0 atom stereocenters. The quantitative estimate of drug-likeness (QED) is 0.448. The molecule has 2 fully saturated rings. The van der Waals surface area contributed by atoms with Gasteiger partial charge in [0.1, 0.15) is 5.82 Å². The highest BCUT2D eigenvalue weighted by molar-refractivity contribution is 5.91. The van der Waals surface area contributed by atoms with Crippen molar-refractivity contribution in [2.75, 3.05) is 13.1 Å². The summed E-state index contributed by atoms with van der Waals surface area (Å²) in [5, 5.41) is 13.1. The number of hydrogen-bond acceptors (Lipinski definition) is 2. The molecule has 2 heterocycles. The fourth-order valence-corrected chi connectivity index (χ4v) is 6.15. The van der Waals surface area contributed by atoms with Crippen molar-refractivity contribution >= 4 is 10.8 Å². The third-order valence-electron chi connectivity index (χ3n) is 7.92. The zero-order chi connectivity index (χ0) is 22.8. The standard InChI is InChI=1S/C29H37FN2O/c1-21-14-25(15-22-10-12-31(13-11-22)18-24-8-5-9-27(30)17-24)16-26-20-32(29(33)28(21)26)19-23-6-3-2-4-7-23/h5,8-9,14,16-17,20,22-23,33H,2-4,6-7,10-13,15,18-19H2,1H3. The van der Waals surface area contributed by atoms with Gasteiger partial charge in [-0.3, -0.25) is 4.90 Å². The van der Waals surface area contributed by atoms with Crippen LogP contribution in [0.4, 0.5) is 4.39 Å². The van der Waals surface area contributed by atoms with Crippen molar-refractivity contribution < 1.29 is 9.50 Å². The number of hydrogen-bond donors (Lipinski definition) is 1. The second-order valence-corrected chi connectivity index (χ2v) is 10.5. The molecule has 3 nitrogen and oxygen atoms in total. The molecule has 1 aliphatic heterocycles. The second-order valence-electron chi connectivity index (χ2n) is 10.5. The van der Waals surface area contributed by atoms with Crippen LogP contribution in [-0.4, -0.2) is 27.7 Å². The first kappa shape index (κ1) is 22.5. The maximum atomic E-state index is 13.5. The normalized spacial score (nSPS) is 18.8. The van der Waals surface area contributed by atoms with E-state index in [-0.39, 0.29) is 5.82 Å². The van der Waals surface area contributed by atoms with E-state index in [9.17, 15) is 9.50 Å². The molecule has 0 unspecified atom stereocenters. The zero-order valence-electron chi connectivity index (χ0n) is 19.9. The first-order chi connectivity index (χ1) is 16.0. The minimum absolute atomic E-state index is 0.147. The summed E-state index contributed by atoms with van der Waals surface area (Å²) in [6.07, 6.45) is 12.2. The predicted molar refractivity (Wildman–Crippen MR) is 133 cm³/mol. The largest absolute Gasteiger partial charge is 0.494 e. The molecule has 0 amide bonds. The molecule has 176 valence electrons. The molecule has 33 heavy (non-hydrogen) atoms. The number of piperidine rings is 1. The van der Waals surface area contributed by atoms with E-state index in [0.717, 1.165) is 43.5 Å². The lowest BCUT2D eigenvalue weighted by molar-refractivity contribution is 0.177. The SMILES string of the molecule is Cc1cc(CC2CCN(Cc3cccc(F)c3)CC2)cc2cn(CC3CCCCC3)c(O)c12. The van der Waals surface area contributed by atoms with Gasteiger partial charge in [-0.05, 0) is 98.8 Å². The van der Waals surface area contributed by atoms with Gasteiger partial charge in [0.15, 0.2) is 5.88 Å². The average Bonchev–Trinajstić information content (AvgIpc) is 3.11. The van der Waals surface area contributed by atoms with Crippen LogP contribution in [0.2, 0.25) is 0 Å². The number of nitrogens with zero attached hydrogens (tertiary/aromatic N) is 2. The van der Waals surface area contributed by atoms with Gasteiger partial charge in [0.05, 0.1) is 0 Å². The van der Waals surface area contributed by atoms with Crippen LogP contribution in [0.15, 0.2) is 42.6 Å². The fourth-order valence-electron chi connectivity index (χ4n) is 6.15. The number of likely N-dealkylation sites (tertiary alicyclic amines) is 1. The topological polar surface area (TPSA) is 28.4 Å². The molecule has 2 aliphatic rings. The number of halogens is 1. The Bertz CT molecular complexity index is 1090. The second kappa shape index (κ2) is 9.89. The van der Waals surface area contributed by atoms with Crippen molar-refractivity contribution in [3.63, 3.8) is 0 Å². The van der Waals surface area contributed by atoms with Gasteiger partial charge in [-0.25, -0.2) is 4.39 Å². The third kappa shape index (κ3) is 5.27. The smallest absolute Gasteiger partial charge is 0.199 e. The highest BCUT2D eigenvalue weighted by Gasteiger charge is 2.22. The van der Waals surface area contributed by atoms with Crippen LogP contribution in [0.25, 0.3) is 10.8 Å². The van der Waals surface area contributed by atoms with E-state index in [1.54, 1.807) is 12.1 Å². The molecule has 1 saturated heterocycles. The van der Waals surface area contributed by atoms with Crippen molar-refractivity contribution in [3.8, 4) is 5.88 Å². The Balaban J connectivity index is 1.22. The number of aromatic nitrogens is 1. The Morgan fingerprint density at radius 1 is 0.939 bits per heavy atom. The minimum atomic E-state index is -0.147. The van der Waals surface area contributed by atoms with Gasteiger partial charge in [0.2, 0.25) is 0 Å². The van der Waals surface area contributed by atoms with Gasteiger partial charge >= 0.3 is 0 Å². The Kier molecular flexibility index (Phi) is 6.73. The van der Waals surface area contributed by atoms with Gasteiger partial charge in [-0.1, -0.05) is 37.5 Å². The lowest BCUT2D eigenvalue weighted by atomic mass is 9.89. The maximum absolute atomic E-state index is 13.5. The summed E-state index contributed by atoms with van der Waals surface area (Å²) in [6, 6.07) is 11.6. The summed E-state index contributed by atoms with van der Waals surface area (Å²) < 4.78 is 15.6. The highest BCUT2D eigenvalue weighted by Crippen LogP contribution is 2.35. The van der Waals surface area contributed by atoms with Crippen molar-refractivity contribution in [3.05, 3.63) is 65.1 Å². The third-order valence-corrected chi connectivity index (χ3v) is 7.92. The van der Waals surface area contributed by atoms with Crippen molar-refractivity contribution in [1.82, 2.24) is 9.47 Å². The summed E-state index contributed by atoms with van der Waals surface area (Å²) in [5.74, 6) is 1.68. The van der Waals surface area contributed by atoms with Crippen LogP contribution >= 0.6 is 0 Å². The van der Waals surface area contributed by atoms with Gasteiger partial charge < -0.3 is 9.67 Å². The minimum Gasteiger partial charge on any atom is -0.494 e. The van der Waals surface area contributed by atoms with E-state index in [1.165, 1.54) is 67.5 Å². The highest BCUT2D eigenvalue weighted by atomic mass is 19.1. The van der Waals surface area contributed by atoms with E-state index < -0.39 is 0 Å². The predicted octanol–water partition coefficient (Wildman–Crippen LogP) is 6.83. The Labute approximate surface area is 197 Å². The van der Waals surface area contributed by atoms with E-state index in [1.807, 2.05) is 6.07 Å². The molecule has 5 rings (SSSR count). The Morgan fingerprint density at radius 3 is 2.48 bits per heavy atom. The van der Waals surface area contributed by atoms with E-state index in [0.29, 0.717) is 17.7 Å². The van der Waals surface area contributed by atoms with E-state index >= 15 is 0 Å². The van der Waals surface area contributed by atoms with Crippen molar-refractivity contribution in [2.45, 2.75) is 71.4 Å². The number of benzene rings is 2. The van der Waals surface area contributed by atoms with Crippen LogP contribution in [0, 0.1) is 24.6 Å². The van der Waals surface area contributed by atoms with Gasteiger partial charge in [-0.2, -0.15) is 0 Å². The van der Waals surface area contributed by atoms with E-state index in [2.05, 4.69) is 34.7 Å². The molecular formula is C29H37FN2O. The molecule has 4 heteroatoms. The zero-order valence-corrected chi connectivity index (χ0v) is 19.9. The molecule has 1 aromatic heterocycles. The average molecular weight is 449 g/mol. The summed E-state index contributed by atoms with van der Waals surface area (Å²) in [5.41, 5.74) is 3.64. The molecule has 0 bridgehead atoms. The number of aryl methyl sites for hydroxylation is 1. The van der Waals surface area contributed by atoms with Crippen LogP contribution in [0.3, 0.4) is 0 Å². The molecular weight excluding hydrogens is 411 g/mol. The summed E-state index contributed by atoms with van der Waals surface area (Å²) in [7, 11) is 0. The Hall–Kier alpha value is -2.33. The first-order valence-corrected chi connectivity index (χ1v) is 12.8. The fraction of sp³-hybridized carbons (Fsp3) is 0.517. The van der Waals surface area contributed by atoms with Gasteiger partial charge in [-0.15, -0.1) is 0 Å². The molecule has 0 radical (unpaired) electrons. The van der Waals surface area contributed by atoms with Crippen LogP contribution in [0.1, 0.15) is 61.6 Å². The van der Waals surface area contributed by atoms with Gasteiger partial charge in [0, 0.05) is 30.1 Å². The van der Waals surface area contributed by atoms with Crippen molar-refractivity contribution in [2.24, 2.45) is 11.8 Å². The Morgan fingerprint density at radius 2 is 1.73 bits per heavy atom. The summed E-state index contributed by atoms with van der Waals surface area (Å²) >= 11 is 0. The monoisotopic (exact) mass is 448 g/mol. The number of fused-ring (bicyclic) bond motifs is 1. The lowest BCUT2D eigenvalue weighted by Gasteiger charge is -2.32. The number of aromatic hydroxyl groups is 1.